The maximum atomic E-state index is 12.9. The first-order valence-electron chi connectivity index (χ1n) is 10.5. The number of nitrogens with zero attached hydrogens (tertiary/aromatic N) is 5. The van der Waals surface area contributed by atoms with E-state index in [4.69, 9.17) is 4.74 Å². The van der Waals surface area contributed by atoms with Crippen molar-refractivity contribution in [1.29, 1.82) is 0 Å². The van der Waals surface area contributed by atoms with E-state index < -0.39 is 6.10 Å². The van der Waals surface area contributed by atoms with Crippen LogP contribution in [0.2, 0.25) is 0 Å². The highest BCUT2D eigenvalue weighted by Gasteiger charge is 2.26. The van der Waals surface area contributed by atoms with E-state index >= 15 is 0 Å². The van der Waals surface area contributed by atoms with Crippen LogP contribution in [-0.2, 0) is 4.79 Å². The predicted octanol–water partition coefficient (Wildman–Crippen LogP) is 3.27. The first kappa shape index (κ1) is 20.8. The van der Waals surface area contributed by atoms with Gasteiger partial charge in [0.05, 0.1) is 5.69 Å². The highest BCUT2D eigenvalue weighted by atomic mass is 16.5. The summed E-state index contributed by atoms with van der Waals surface area (Å²) in [5, 5.41) is 8.73. The van der Waals surface area contributed by atoms with Gasteiger partial charge in [-0.3, -0.25) is 9.78 Å². The van der Waals surface area contributed by atoms with E-state index in [1.807, 2.05) is 62.1 Å². The van der Waals surface area contributed by atoms with Gasteiger partial charge in [0.15, 0.2) is 11.9 Å². The van der Waals surface area contributed by atoms with Crippen molar-refractivity contribution < 1.29 is 9.53 Å². The van der Waals surface area contributed by atoms with E-state index in [0.29, 0.717) is 26.2 Å². The quantitative estimate of drug-likeness (QED) is 0.635. The largest absolute Gasteiger partial charge is 0.481 e. The Labute approximate surface area is 182 Å². The van der Waals surface area contributed by atoms with Gasteiger partial charge in [0.25, 0.3) is 5.91 Å². The zero-order valence-corrected chi connectivity index (χ0v) is 18.2. The van der Waals surface area contributed by atoms with Crippen molar-refractivity contribution in [2.24, 2.45) is 0 Å². The number of benzene rings is 1. The summed E-state index contributed by atoms with van der Waals surface area (Å²) in [5.41, 5.74) is 4.05. The smallest absolute Gasteiger partial charge is 0.263 e. The molecule has 0 aliphatic carbocycles. The second-order valence-electron chi connectivity index (χ2n) is 7.91. The van der Waals surface area contributed by atoms with Crippen LogP contribution in [0.15, 0.2) is 54.9 Å². The van der Waals surface area contributed by atoms with Gasteiger partial charge < -0.3 is 14.5 Å². The summed E-state index contributed by atoms with van der Waals surface area (Å²) < 4.78 is 5.93. The molecule has 1 aromatic carbocycles. The Bertz CT molecular complexity index is 1010. The average Bonchev–Trinajstić information content (AvgIpc) is 2.79. The van der Waals surface area contributed by atoms with Crippen molar-refractivity contribution in [1.82, 2.24) is 20.1 Å². The van der Waals surface area contributed by atoms with Crippen LogP contribution in [-0.4, -0.2) is 58.3 Å². The summed E-state index contributed by atoms with van der Waals surface area (Å²) in [7, 11) is 0. The Morgan fingerprint density at radius 1 is 0.935 bits per heavy atom. The van der Waals surface area contributed by atoms with E-state index in [9.17, 15) is 4.79 Å². The third kappa shape index (κ3) is 4.99. The summed E-state index contributed by atoms with van der Waals surface area (Å²) in [6, 6.07) is 13.8. The number of hydrogen-bond acceptors (Lipinski definition) is 6. The Morgan fingerprint density at radius 3 is 2.23 bits per heavy atom. The molecule has 1 aliphatic rings. The number of carbonyl (C=O) groups excluding carboxylic acids is 1. The highest BCUT2D eigenvalue weighted by Crippen LogP contribution is 2.20. The fourth-order valence-electron chi connectivity index (χ4n) is 3.84. The fraction of sp³-hybridized carbons (Fsp3) is 0.333. The number of hydrogen-bond donors (Lipinski definition) is 0. The van der Waals surface area contributed by atoms with Gasteiger partial charge >= 0.3 is 0 Å². The first-order valence-corrected chi connectivity index (χ1v) is 10.5. The van der Waals surface area contributed by atoms with E-state index in [1.165, 1.54) is 0 Å². The van der Waals surface area contributed by atoms with Gasteiger partial charge in [-0.25, -0.2) is 0 Å². The van der Waals surface area contributed by atoms with Gasteiger partial charge in [-0.15, -0.1) is 10.2 Å². The summed E-state index contributed by atoms with van der Waals surface area (Å²) in [6.45, 7) is 8.56. The highest BCUT2D eigenvalue weighted by molar-refractivity contribution is 5.81. The van der Waals surface area contributed by atoms with Gasteiger partial charge in [-0.2, -0.15) is 0 Å². The number of anilines is 1. The molecule has 7 heteroatoms. The number of aryl methyl sites for hydroxylation is 2. The van der Waals surface area contributed by atoms with Crippen molar-refractivity contribution in [3.8, 4) is 17.0 Å². The van der Waals surface area contributed by atoms with Crippen LogP contribution >= 0.6 is 0 Å². The minimum Gasteiger partial charge on any atom is -0.481 e. The molecule has 1 atom stereocenters. The van der Waals surface area contributed by atoms with Gasteiger partial charge in [0, 0.05) is 44.1 Å². The minimum atomic E-state index is -0.521. The molecular formula is C24H27N5O2. The molecule has 1 aliphatic heterocycles. The number of carbonyl (C=O) groups is 1. The number of pyridine rings is 1. The molecule has 3 aromatic rings. The van der Waals surface area contributed by atoms with E-state index in [0.717, 1.165) is 34.0 Å². The summed E-state index contributed by atoms with van der Waals surface area (Å²) in [4.78, 5) is 20.9. The van der Waals surface area contributed by atoms with Crippen LogP contribution in [0, 0.1) is 13.8 Å². The number of ether oxygens (including phenoxy) is 1. The number of aromatic nitrogens is 3. The van der Waals surface area contributed by atoms with E-state index in [2.05, 4.69) is 26.1 Å². The molecule has 7 nitrogen and oxygen atoms in total. The second kappa shape index (κ2) is 9.12. The molecule has 1 saturated heterocycles. The van der Waals surface area contributed by atoms with E-state index in [1.54, 1.807) is 12.4 Å². The molecule has 160 valence electrons. The molecule has 1 fully saturated rings. The molecule has 0 bridgehead atoms. The molecular weight excluding hydrogens is 390 g/mol. The Kier molecular flexibility index (Phi) is 6.11. The van der Waals surface area contributed by atoms with Crippen LogP contribution in [0.25, 0.3) is 11.3 Å². The molecule has 31 heavy (non-hydrogen) atoms. The van der Waals surface area contributed by atoms with Crippen LogP contribution < -0.4 is 9.64 Å². The molecule has 0 radical (unpaired) electrons. The summed E-state index contributed by atoms with van der Waals surface area (Å²) in [5.74, 6) is 1.57. The Morgan fingerprint density at radius 2 is 1.61 bits per heavy atom. The lowest BCUT2D eigenvalue weighted by Crippen LogP contribution is -2.52. The van der Waals surface area contributed by atoms with Crippen LogP contribution in [0.1, 0.15) is 18.1 Å². The molecule has 0 N–H and O–H groups in total. The van der Waals surface area contributed by atoms with Crippen molar-refractivity contribution in [2.45, 2.75) is 26.9 Å². The maximum Gasteiger partial charge on any atom is 0.263 e. The molecule has 0 spiro atoms. The van der Waals surface area contributed by atoms with Crippen molar-refractivity contribution >= 4 is 11.7 Å². The summed E-state index contributed by atoms with van der Waals surface area (Å²) in [6.07, 6.45) is 2.96. The number of amides is 1. The first-order chi connectivity index (χ1) is 15.0. The lowest BCUT2D eigenvalue weighted by Gasteiger charge is -2.36. The third-order valence-corrected chi connectivity index (χ3v) is 5.40. The fourth-order valence-corrected chi connectivity index (χ4v) is 3.84. The monoisotopic (exact) mass is 417 g/mol. The summed E-state index contributed by atoms with van der Waals surface area (Å²) >= 11 is 0. The SMILES string of the molecule is Cc1cc(C)cc(OC(C)C(=O)N2CCN(c3ccc(-c4ccncc4)nn3)CC2)c1. The lowest BCUT2D eigenvalue weighted by molar-refractivity contribution is -0.138. The van der Waals surface area contributed by atoms with Crippen LogP contribution in [0.4, 0.5) is 5.82 Å². The normalized spacial score (nSPS) is 14.9. The average molecular weight is 418 g/mol. The Hall–Kier alpha value is -3.48. The topological polar surface area (TPSA) is 71.5 Å². The van der Waals surface area contributed by atoms with Gasteiger partial charge in [0.1, 0.15) is 5.75 Å². The van der Waals surface area contributed by atoms with Gasteiger partial charge in [0.2, 0.25) is 0 Å². The molecule has 2 aromatic heterocycles. The zero-order chi connectivity index (χ0) is 21.8. The van der Waals surface area contributed by atoms with Crippen LogP contribution in [0.3, 0.4) is 0 Å². The number of piperazine rings is 1. The van der Waals surface area contributed by atoms with Crippen molar-refractivity contribution in [3.05, 3.63) is 66.0 Å². The van der Waals surface area contributed by atoms with Gasteiger partial charge in [-0.05, 0) is 68.3 Å². The zero-order valence-electron chi connectivity index (χ0n) is 18.2. The maximum absolute atomic E-state index is 12.9. The lowest BCUT2D eigenvalue weighted by atomic mass is 10.1. The van der Waals surface area contributed by atoms with Gasteiger partial charge in [-0.1, -0.05) is 6.07 Å². The van der Waals surface area contributed by atoms with Crippen molar-refractivity contribution in [2.75, 3.05) is 31.1 Å². The Balaban J connectivity index is 1.33. The minimum absolute atomic E-state index is 0.0120. The molecule has 4 rings (SSSR count). The molecule has 1 amide bonds. The van der Waals surface area contributed by atoms with Crippen molar-refractivity contribution in [3.63, 3.8) is 0 Å². The molecule has 3 heterocycles. The second-order valence-corrected chi connectivity index (χ2v) is 7.91. The predicted molar refractivity (Wildman–Crippen MR) is 120 cm³/mol. The molecule has 0 saturated carbocycles. The van der Waals surface area contributed by atoms with Crippen LogP contribution in [0.5, 0.6) is 5.75 Å². The van der Waals surface area contributed by atoms with E-state index in [-0.39, 0.29) is 5.91 Å². The number of rotatable bonds is 5. The third-order valence-electron chi connectivity index (χ3n) is 5.40. The standard InChI is InChI=1S/C24H27N5O2/c1-17-14-18(2)16-21(15-17)31-19(3)24(30)29-12-10-28(11-13-29)23-5-4-22(26-27-23)20-6-8-25-9-7-20/h4-9,14-16,19H,10-13H2,1-3H3. The molecule has 1 unspecified atom stereocenters.